The van der Waals surface area contributed by atoms with Crippen LogP contribution in [0.15, 0.2) is 51.8 Å². The van der Waals surface area contributed by atoms with Crippen molar-refractivity contribution >= 4 is 39.2 Å². The minimum atomic E-state index is -0.358. The molecule has 0 radical (unpaired) electrons. The molecule has 0 atom stereocenters. The van der Waals surface area contributed by atoms with Gasteiger partial charge in [-0.05, 0) is 35.2 Å². The van der Waals surface area contributed by atoms with Crippen LogP contribution in [0, 0.1) is 11.3 Å². The Hall–Kier alpha value is -1.90. The van der Waals surface area contributed by atoms with Gasteiger partial charge in [0.15, 0.2) is 0 Å². The summed E-state index contributed by atoms with van der Waals surface area (Å²) in [6, 6.07) is 13.2. The molecule has 2 aromatic rings. The van der Waals surface area contributed by atoms with Crippen molar-refractivity contribution in [3.8, 4) is 6.07 Å². The quantitative estimate of drug-likeness (QED) is 0.677. The van der Waals surface area contributed by atoms with Gasteiger partial charge in [-0.15, -0.1) is 11.3 Å². The molecular weight excluding hydrogens is 336 g/mol. The first-order chi connectivity index (χ1) is 9.69. The third-order valence-corrected chi connectivity index (χ3v) is 3.95. The third-order valence-electron chi connectivity index (χ3n) is 2.55. The van der Waals surface area contributed by atoms with Gasteiger partial charge in [0.1, 0.15) is 11.6 Å². The number of nitrogens with zero attached hydrogens (tertiary/aromatic N) is 1. The molecule has 0 fully saturated rings. The predicted octanol–water partition coefficient (Wildman–Crippen LogP) is 3.73. The molecule has 20 heavy (non-hydrogen) atoms. The van der Waals surface area contributed by atoms with Gasteiger partial charge < -0.3 is 5.32 Å². The van der Waals surface area contributed by atoms with Gasteiger partial charge in [-0.2, -0.15) is 5.26 Å². The summed E-state index contributed by atoms with van der Waals surface area (Å²) in [6.07, 6.45) is 1.58. The van der Waals surface area contributed by atoms with Crippen molar-refractivity contribution in [2.24, 2.45) is 0 Å². The average molecular weight is 347 g/mol. The number of carbonyl (C=O) groups excluding carboxylic acids is 1. The Bertz CT molecular complexity index is 654. The molecule has 5 heteroatoms. The van der Waals surface area contributed by atoms with E-state index < -0.39 is 0 Å². The lowest BCUT2D eigenvalue weighted by atomic mass is 10.1. The van der Waals surface area contributed by atoms with Crippen LogP contribution in [-0.2, 0) is 11.3 Å². The summed E-state index contributed by atoms with van der Waals surface area (Å²) >= 11 is 4.91. The molecule has 2 rings (SSSR count). The van der Waals surface area contributed by atoms with E-state index in [1.807, 2.05) is 47.8 Å². The topological polar surface area (TPSA) is 52.9 Å². The van der Waals surface area contributed by atoms with E-state index in [9.17, 15) is 4.79 Å². The van der Waals surface area contributed by atoms with E-state index in [1.54, 1.807) is 17.4 Å². The number of halogens is 1. The van der Waals surface area contributed by atoms with Gasteiger partial charge in [-0.1, -0.05) is 34.1 Å². The molecule has 3 nitrogen and oxygen atoms in total. The Balaban J connectivity index is 2.05. The second-order valence-electron chi connectivity index (χ2n) is 3.98. The zero-order chi connectivity index (χ0) is 14.4. The van der Waals surface area contributed by atoms with Crippen molar-refractivity contribution < 1.29 is 4.79 Å². The zero-order valence-corrected chi connectivity index (χ0v) is 12.9. The molecule has 0 aliphatic rings. The summed E-state index contributed by atoms with van der Waals surface area (Å²) in [4.78, 5) is 13.0. The molecule has 0 aliphatic carbocycles. The number of amides is 1. The molecule has 0 bridgehead atoms. The fourth-order valence-corrected chi connectivity index (χ4v) is 2.46. The maximum absolute atomic E-state index is 11.9. The Morgan fingerprint density at radius 1 is 1.35 bits per heavy atom. The first kappa shape index (κ1) is 14.5. The number of rotatable bonds is 4. The lowest BCUT2D eigenvalue weighted by molar-refractivity contribution is -0.117. The number of hydrogen-bond acceptors (Lipinski definition) is 3. The van der Waals surface area contributed by atoms with Crippen LogP contribution in [0.5, 0.6) is 0 Å². The highest BCUT2D eigenvalue weighted by atomic mass is 79.9. The van der Waals surface area contributed by atoms with E-state index in [2.05, 4.69) is 21.2 Å². The highest BCUT2D eigenvalue weighted by Gasteiger charge is 2.08. The fraction of sp³-hybridized carbons (Fsp3) is 0.0667. The van der Waals surface area contributed by atoms with Crippen LogP contribution >= 0.6 is 27.3 Å². The number of nitriles is 1. The average Bonchev–Trinajstić information content (AvgIpc) is 2.97. The molecule has 0 saturated carbocycles. The lowest BCUT2D eigenvalue weighted by Gasteiger charge is -2.02. The normalized spacial score (nSPS) is 10.9. The summed E-state index contributed by atoms with van der Waals surface area (Å²) in [6.45, 7) is 0.440. The molecule has 1 heterocycles. The number of hydrogen-bond donors (Lipinski definition) is 1. The zero-order valence-electron chi connectivity index (χ0n) is 10.5. The molecule has 0 saturated heterocycles. The van der Waals surface area contributed by atoms with Gasteiger partial charge in [0.05, 0.1) is 6.54 Å². The second kappa shape index (κ2) is 7.04. The standard InChI is InChI=1S/C15H11BrN2OS/c16-13-5-3-11(4-6-13)8-12(9-17)15(19)18-10-14-2-1-7-20-14/h1-8H,10H2,(H,18,19)/b12-8+. The van der Waals surface area contributed by atoms with E-state index in [4.69, 9.17) is 5.26 Å². The lowest BCUT2D eigenvalue weighted by Crippen LogP contribution is -2.23. The van der Waals surface area contributed by atoms with Gasteiger partial charge >= 0.3 is 0 Å². The highest BCUT2D eigenvalue weighted by molar-refractivity contribution is 9.10. The molecule has 0 unspecified atom stereocenters. The van der Waals surface area contributed by atoms with Crippen LogP contribution in [-0.4, -0.2) is 5.91 Å². The van der Waals surface area contributed by atoms with Crippen molar-refractivity contribution in [2.75, 3.05) is 0 Å². The van der Waals surface area contributed by atoms with Crippen molar-refractivity contribution in [2.45, 2.75) is 6.54 Å². The number of carbonyl (C=O) groups is 1. The summed E-state index contributed by atoms with van der Waals surface area (Å²) in [5.41, 5.74) is 0.917. The first-order valence-electron chi connectivity index (χ1n) is 5.87. The smallest absolute Gasteiger partial charge is 0.262 e. The van der Waals surface area contributed by atoms with Gasteiger partial charge in [-0.3, -0.25) is 4.79 Å². The Labute approximate surface area is 129 Å². The van der Waals surface area contributed by atoms with Crippen LogP contribution in [0.25, 0.3) is 6.08 Å². The SMILES string of the molecule is N#C/C(=C\c1ccc(Br)cc1)C(=O)NCc1cccs1. The van der Waals surface area contributed by atoms with E-state index in [0.29, 0.717) is 6.54 Å². The monoisotopic (exact) mass is 346 g/mol. The summed E-state index contributed by atoms with van der Waals surface area (Å²) in [5.74, 6) is -0.358. The molecule has 1 amide bonds. The van der Waals surface area contributed by atoms with Crippen molar-refractivity contribution in [1.29, 1.82) is 5.26 Å². The predicted molar refractivity (Wildman–Crippen MR) is 83.9 cm³/mol. The number of thiophene rings is 1. The van der Waals surface area contributed by atoms with E-state index in [-0.39, 0.29) is 11.5 Å². The molecular formula is C15H11BrN2OS. The van der Waals surface area contributed by atoms with Crippen LogP contribution in [0.1, 0.15) is 10.4 Å². The van der Waals surface area contributed by atoms with Crippen LogP contribution in [0.3, 0.4) is 0 Å². The molecule has 100 valence electrons. The molecule has 1 N–H and O–H groups in total. The van der Waals surface area contributed by atoms with Crippen LogP contribution < -0.4 is 5.32 Å². The van der Waals surface area contributed by atoms with Crippen LogP contribution in [0.4, 0.5) is 0 Å². The molecule has 0 aliphatic heterocycles. The molecule has 1 aromatic heterocycles. The first-order valence-corrected chi connectivity index (χ1v) is 7.54. The minimum Gasteiger partial charge on any atom is -0.347 e. The van der Waals surface area contributed by atoms with Gasteiger partial charge in [0.2, 0.25) is 0 Å². The molecule has 1 aromatic carbocycles. The van der Waals surface area contributed by atoms with Crippen molar-refractivity contribution in [3.05, 3.63) is 62.3 Å². The second-order valence-corrected chi connectivity index (χ2v) is 5.93. The third kappa shape index (κ3) is 4.05. The van der Waals surface area contributed by atoms with Crippen molar-refractivity contribution in [1.82, 2.24) is 5.32 Å². The number of benzene rings is 1. The summed E-state index contributed by atoms with van der Waals surface area (Å²) < 4.78 is 0.954. The highest BCUT2D eigenvalue weighted by Crippen LogP contribution is 2.13. The maximum Gasteiger partial charge on any atom is 0.262 e. The maximum atomic E-state index is 11.9. The van der Waals surface area contributed by atoms with Gasteiger partial charge in [-0.25, -0.2) is 0 Å². The summed E-state index contributed by atoms with van der Waals surface area (Å²) in [7, 11) is 0. The van der Waals surface area contributed by atoms with Gasteiger partial charge in [0, 0.05) is 9.35 Å². The van der Waals surface area contributed by atoms with E-state index in [0.717, 1.165) is 14.9 Å². The summed E-state index contributed by atoms with van der Waals surface area (Å²) in [5, 5.41) is 13.8. The Morgan fingerprint density at radius 3 is 2.70 bits per heavy atom. The van der Waals surface area contributed by atoms with E-state index in [1.165, 1.54) is 0 Å². The Kier molecular flexibility index (Phi) is 5.10. The fourth-order valence-electron chi connectivity index (χ4n) is 1.55. The Morgan fingerprint density at radius 2 is 2.10 bits per heavy atom. The minimum absolute atomic E-state index is 0.101. The largest absolute Gasteiger partial charge is 0.347 e. The number of nitrogens with one attached hydrogen (secondary N) is 1. The van der Waals surface area contributed by atoms with Crippen molar-refractivity contribution in [3.63, 3.8) is 0 Å². The van der Waals surface area contributed by atoms with Crippen LogP contribution in [0.2, 0.25) is 0 Å². The molecule has 0 spiro atoms. The van der Waals surface area contributed by atoms with Gasteiger partial charge in [0.25, 0.3) is 5.91 Å². The van der Waals surface area contributed by atoms with E-state index >= 15 is 0 Å².